The zero-order chi connectivity index (χ0) is 16.4. The molecule has 0 fully saturated rings. The highest BCUT2D eigenvalue weighted by molar-refractivity contribution is 6.11. The highest BCUT2D eigenvalue weighted by Crippen LogP contribution is 2.29. The number of rotatable bonds is 4. The number of benzene rings is 2. The molecule has 0 aliphatic carbocycles. The summed E-state index contributed by atoms with van der Waals surface area (Å²) < 4.78 is 10.4. The van der Waals surface area contributed by atoms with Gasteiger partial charge in [-0.1, -0.05) is 11.6 Å². The molecule has 0 aliphatic heterocycles. The summed E-state index contributed by atoms with van der Waals surface area (Å²) in [7, 11) is 3.11. The minimum absolute atomic E-state index is 0.301. The molecule has 6 heteroatoms. The van der Waals surface area contributed by atoms with Gasteiger partial charge in [-0.2, -0.15) is 5.10 Å². The van der Waals surface area contributed by atoms with Crippen LogP contribution in [0.25, 0.3) is 10.9 Å². The summed E-state index contributed by atoms with van der Waals surface area (Å²) in [4.78, 5) is 12.5. The summed E-state index contributed by atoms with van der Waals surface area (Å²) in [6.45, 7) is 1.97. The fourth-order valence-electron chi connectivity index (χ4n) is 2.38. The number of nitrogens with zero attached hydrogens (tertiary/aromatic N) is 1. The van der Waals surface area contributed by atoms with Gasteiger partial charge in [-0.3, -0.25) is 9.89 Å². The van der Waals surface area contributed by atoms with Crippen LogP contribution < -0.4 is 14.8 Å². The average Bonchev–Trinajstić information content (AvgIpc) is 2.98. The predicted octanol–water partition coefficient (Wildman–Crippen LogP) is 3.14. The van der Waals surface area contributed by atoms with Gasteiger partial charge in [0.1, 0.15) is 11.5 Å². The lowest BCUT2D eigenvalue weighted by atomic mass is 10.1. The van der Waals surface area contributed by atoms with Crippen LogP contribution in [0.5, 0.6) is 11.5 Å². The summed E-state index contributed by atoms with van der Waals surface area (Å²) in [5.74, 6) is 0.875. The number of ether oxygens (including phenoxy) is 2. The van der Waals surface area contributed by atoms with Gasteiger partial charge in [0.05, 0.1) is 25.4 Å². The van der Waals surface area contributed by atoms with Gasteiger partial charge in [0, 0.05) is 11.5 Å². The van der Waals surface area contributed by atoms with Crippen molar-refractivity contribution in [2.45, 2.75) is 6.92 Å². The Hall–Kier alpha value is -3.02. The summed E-state index contributed by atoms with van der Waals surface area (Å²) in [5.41, 5.74) is 2.79. The number of amides is 1. The summed E-state index contributed by atoms with van der Waals surface area (Å²) >= 11 is 0. The molecule has 0 atom stereocenters. The van der Waals surface area contributed by atoms with E-state index in [2.05, 4.69) is 15.5 Å². The third-order valence-corrected chi connectivity index (χ3v) is 3.59. The normalized spacial score (nSPS) is 10.6. The SMILES string of the molecule is COc1ccc(NC(=O)c2n[nH]c3ccc(C)cc23)c(OC)c1. The lowest BCUT2D eigenvalue weighted by Crippen LogP contribution is -2.13. The molecular weight excluding hydrogens is 294 g/mol. The number of carbonyl (C=O) groups is 1. The number of aryl methyl sites for hydroxylation is 1. The van der Waals surface area contributed by atoms with Crippen LogP contribution in [0.15, 0.2) is 36.4 Å². The van der Waals surface area contributed by atoms with Crippen LogP contribution in [0.3, 0.4) is 0 Å². The molecule has 0 saturated carbocycles. The van der Waals surface area contributed by atoms with E-state index in [0.717, 1.165) is 16.5 Å². The Morgan fingerprint density at radius 2 is 1.96 bits per heavy atom. The van der Waals surface area contributed by atoms with Crippen LogP contribution in [-0.2, 0) is 0 Å². The second kappa shape index (κ2) is 6.00. The standard InChI is InChI=1S/C17H17N3O3/c1-10-4-6-13-12(8-10)16(20-19-13)17(21)18-14-7-5-11(22-2)9-15(14)23-3/h4-9H,1-3H3,(H,18,21)(H,19,20). The Morgan fingerprint density at radius 1 is 1.13 bits per heavy atom. The largest absolute Gasteiger partial charge is 0.497 e. The van der Waals surface area contributed by atoms with Crippen LogP contribution in [-0.4, -0.2) is 30.3 Å². The van der Waals surface area contributed by atoms with Crippen molar-refractivity contribution in [3.8, 4) is 11.5 Å². The van der Waals surface area contributed by atoms with Gasteiger partial charge >= 0.3 is 0 Å². The molecule has 1 amide bonds. The Bertz CT molecular complexity index is 871. The third kappa shape index (κ3) is 2.83. The molecule has 3 aromatic rings. The van der Waals surface area contributed by atoms with E-state index in [4.69, 9.17) is 9.47 Å². The molecule has 0 saturated heterocycles. The van der Waals surface area contributed by atoms with Crippen LogP contribution in [0, 0.1) is 6.92 Å². The molecule has 23 heavy (non-hydrogen) atoms. The van der Waals surface area contributed by atoms with Gasteiger partial charge in [0.2, 0.25) is 0 Å². The topological polar surface area (TPSA) is 76.2 Å². The third-order valence-electron chi connectivity index (χ3n) is 3.59. The quantitative estimate of drug-likeness (QED) is 0.776. The number of fused-ring (bicyclic) bond motifs is 1. The molecule has 0 unspecified atom stereocenters. The molecule has 0 bridgehead atoms. The van der Waals surface area contributed by atoms with Crippen molar-refractivity contribution in [3.63, 3.8) is 0 Å². The monoisotopic (exact) mass is 311 g/mol. The fraction of sp³-hybridized carbons (Fsp3) is 0.176. The van der Waals surface area contributed by atoms with Crippen molar-refractivity contribution in [3.05, 3.63) is 47.7 Å². The molecule has 1 aromatic heterocycles. The smallest absolute Gasteiger partial charge is 0.276 e. The Labute approximate surface area is 133 Å². The second-order valence-electron chi connectivity index (χ2n) is 5.14. The van der Waals surface area contributed by atoms with Gasteiger partial charge in [0.25, 0.3) is 5.91 Å². The van der Waals surface area contributed by atoms with Crippen molar-refractivity contribution in [1.29, 1.82) is 0 Å². The summed E-state index contributed by atoms with van der Waals surface area (Å²) in [6.07, 6.45) is 0. The first-order chi connectivity index (χ1) is 11.1. The van der Waals surface area contributed by atoms with Crippen molar-refractivity contribution in [2.75, 3.05) is 19.5 Å². The molecular formula is C17H17N3O3. The number of aromatic amines is 1. The van der Waals surface area contributed by atoms with E-state index in [0.29, 0.717) is 22.9 Å². The number of nitrogens with one attached hydrogen (secondary N) is 2. The number of hydrogen-bond donors (Lipinski definition) is 2. The van der Waals surface area contributed by atoms with E-state index in [9.17, 15) is 4.79 Å². The van der Waals surface area contributed by atoms with Crippen molar-refractivity contribution in [2.24, 2.45) is 0 Å². The van der Waals surface area contributed by atoms with Crippen LogP contribution >= 0.6 is 0 Å². The molecule has 6 nitrogen and oxygen atoms in total. The number of aromatic nitrogens is 2. The minimum Gasteiger partial charge on any atom is -0.497 e. The Morgan fingerprint density at radius 3 is 2.70 bits per heavy atom. The van der Waals surface area contributed by atoms with E-state index >= 15 is 0 Å². The Balaban J connectivity index is 1.93. The van der Waals surface area contributed by atoms with Gasteiger partial charge in [-0.05, 0) is 31.2 Å². The van der Waals surface area contributed by atoms with E-state index < -0.39 is 0 Å². The fourth-order valence-corrected chi connectivity index (χ4v) is 2.38. The van der Waals surface area contributed by atoms with E-state index in [-0.39, 0.29) is 5.91 Å². The lowest BCUT2D eigenvalue weighted by Gasteiger charge is -2.11. The first-order valence-corrected chi connectivity index (χ1v) is 7.10. The molecule has 0 radical (unpaired) electrons. The summed E-state index contributed by atoms with van der Waals surface area (Å²) in [6, 6.07) is 11.0. The van der Waals surface area contributed by atoms with E-state index in [1.165, 1.54) is 7.11 Å². The first-order valence-electron chi connectivity index (χ1n) is 7.10. The second-order valence-corrected chi connectivity index (χ2v) is 5.14. The molecule has 2 aromatic carbocycles. The molecule has 0 aliphatic rings. The molecule has 1 heterocycles. The molecule has 0 spiro atoms. The zero-order valence-electron chi connectivity index (χ0n) is 13.1. The first kappa shape index (κ1) is 14.9. The maximum Gasteiger partial charge on any atom is 0.276 e. The average molecular weight is 311 g/mol. The zero-order valence-corrected chi connectivity index (χ0v) is 13.1. The summed E-state index contributed by atoms with van der Waals surface area (Å²) in [5, 5.41) is 10.6. The highest BCUT2D eigenvalue weighted by Gasteiger charge is 2.16. The number of H-pyrrole nitrogens is 1. The van der Waals surface area contributed by atoms with E-state index in [1.54, 1.807) is 25.3 Å². The van der Waals surface area contributed by atoms with Crippen LogP contribution in [0.2, 0.25) is 0 Å². The van der Waals surface area contributed by atoms with E-state index in [1.807, 2.05) is 25.1 Å². The van der Waals surface area contributed by atoms with Gasteiger partial charge < -0.3 is 14.8 Å². The van der Waals surface area contributed by atoms with Gasteiger partial charge in [-0.15, -0.1) is 0 Å². The van der Waals surface area contributed by atoms with Crippen molar-refractivity contribution >= 4 is 22.5 Å². The molecule has 2 N–H and O–H groups in total. The lowest BCUT2D eigenvalue weighted by molar-refractivity contribution is 0.102. The van der Waals surface area contributed by atoms with Gasteiger partial charge in [0.15, 0.2) is 5.69 Å². The van der Waals surface area contributed by atoms with Crippen LogP contribution in [0.4, 0.5) is 5.69 Å². The highest BCUT2D eigenvalue weighted by atomic mass is 16.5. The molecule has 118 valence electrons. The van der Waals surface area contributed by atoms with Crippen LogP contribution in [0.1, 0.15) is 16.1 Å². The van der Waals surface area contributed by atoms with Crippen molar-refractivity contribution in [1.82, 2.24) is 10.2 Å². The number of methoxy groups -OCH3 is 2. The Kier molecular flexibility index (Phi) is 3.89. The number of anilines is 1. The maximum absolute atomic E-state index is 12.5. The predicted molar refractivity (Wildman–Crippen MR) is 88.3 cm³/mol. The molecule has 3 rings (SSSR count). The number of hydrogen-bond acceptors (Lipinski definition) is 4. The minimum atomic E-state index is -0.301. The van der Waals surface area contributed by atoms with Crippen molar-refractivity contribution < 1.29 is 14.3 Å². The maximum atomic E-state index is 12.5. The van der Waals surface area contributed by atoms with Gasteiger partial charge in [-0.25, -0.2) is 0 Å². The number of carbonyl (C=O) groups excluding carboxylic acids is 1.